The van der Waals surface area contributed by atoms with Gasteiger partial charge < -0.3 is 20.1 Å². The third-order valence-corrected chi connectivity index (χ3v) is 3.97. The minimum absolute atomic E-state index is 0.208. The average molecular weight is 370 g/mol. The first-order chi connectivity index (χ1) is 13.0. The summed E-state index contributed by atoms with van der Waals surface area (Å²) in [6, 6.07) is 14.0. The minimum Gasteiger partial charge on any atom is -0.497 e. The van der Waals surface area contributed by atoms with Gasteiger partial charge in [-0.1, -0.05) is 31.5 Å². The Morgan fingerprint density at radius 1 is 1.07 bits per heavy atom. The van der Waals surface area contributed by atoms with Crippen molar-refractivity contribution >= 4 is 17.5 Å². The van der Waals surface area contributed by atoms with Gasteiger partial charge in [0.2, 0.25) is 0 Å². The molecule has 0 spiro atoms. The molecule has 0 fully saturated rings. The van der Waals surface area contributed by atoms with Crippen molar-refractivity contribution in [1.82, 2.24) is 5.32 Å². The van der Waals surface area contributed by atoms with Crippen LogP contribution in [-0.2, 0) is 4.79 Å². The maximum absolute atomic E-state index is 12.5. The highest BCUT2D eigenvalue weighted by molar-refractivity contribution is 6.04. The van der Waals surface area contributed by atoms with Gasteiger partial charge in [-0.05, 0) is 37.6 Å². The first kappa shape index (κ1) is 20.3. The van der Waals surface area contributed by atoms with Crippen molar-refractivity contribution in [1.29, 1.82) is 0 Å². The van der Waals surface area contributed by atoms with Crippen molar-refractivity contribution < 1.29 is 19.1 Å². The minimum atomic E-state index is -0.742. The van der Waals surface area contributed by atoms with Crippen LogP contribution in [0.3, 0.4) is 0 Å². The van der Waals surface area contributed by atoms with E-state index in [0.717, 1.165) is 12.8 Å². The molecule has 0 bridgehead atoms. The molecule has 0 saturated heterocycles. The molecule has 6 nitrogen and oxygen atoms in total. The summed E-state index contributed by atoms with van der Waals surface area (Å²) < 4.78 is 10.8. The molecule has 0 saturated carbocycles. The number of benzene rings is 2. The lowest BCUT2D eigenvalue weighted by atomic mass is 10.1. The van der Waals surface area contributed by atoms with Crippen LogP contribution < -0.4 is 20.1 Å². The zero-order chi connectivity index (χ0) is 19.6. The molecule has 2 aromatic rings. The van der Waals surface area contributed by atoms with Gasteiger partial charge in [0, 0.05) is 12.6 Å². The van der Waals surface area contributed by atoms with E-state index in [2.05, 4.69) is 17.6 Å². The van der Waals surface area contributed by atoms with Crippen LogP contribution >= 0.6 is 0 Å². The summed E-state index contributed by atoms with van der Waals surface area (Å²) in [7, 11) is 1.57. The Kier molecular flexibility index (Phi) is 7.67. The summed E-state index contributed by atoms with van der Waals surface area (Å²) >= 11 is 0. The number of nitrogens with one attached hydrogen (secondary N) is 2. The van der Waals surface area contributed by atoms with Crippen LogP contribution in [0.25, 0.3) is 0 Å². The number of hydrogen-bond acceptors (Lipinski definition) is 4. The Hall–Kier alpha value is -3.02. The van der Waals surface area contributed by atoms with E-state index in [4.69, 9.17) is 9.47 Å². The molecular formula is C21H26N2O4. The summed E-state index contributed by atoms with van der Waals surface area (Å²) in [6.45, 7) is 4.32. The Bertz CT molecular complexity index is 776. The van der Waals surface area contributed by atoms with E-state index in [1.165, 1.54) is 0 Å². The highest BCUT2D eigenvalue weighted by Gasteiger charge is 2.18. The molecule has 0 aromatic heterocycles. The summed E-state index contributed by atoms with van der Waals surface area (Å²) in [4.78, 5) is 24.9. The molecule has 144 valence electrons. The number of anilines is 1. The van der Waals surface area contributed by atoms with Gasteiger partial charge in [-0.2, -0.15) is 0 Å². The fourth-order valence-electron chi connectivity index (χ4n) is 2.43. The lowest BCUT2D eigenvalue weighted by molar-refractivity contribution is -0.122. The van der Waals surface area contributed by atoms with E-state index in [1.807, 2.05) is 0 Å². The lowest BCUT2D eigenvalue weighted by Gasteiger charge is -2.17. The molecule has 2 rings (SSSR count). The molecule has 0 heterocycles. The third kappa shape index (κ3) is 6.02. The van der Waals surface area contributed by atoms with Gasteiger partial charge in [0.05, 0.1) is 18.4 Å². The van der Waals surface area contributed by atoms with E-state index in [9.17, 15) is 9.59 Å². The van der Waals surface area contributed by atoms with Crippen molar-refractivity contribution in [2.45, 2.75) is 32.8 Å². The lowest BCUT2D eigenvalue weighted by Crippen LogP contribution is -2.32. The van der Waals surface area contributed by atoms with Gasteiger partial charge in [0.15, 0.2) is 6.10 Å². The molecule has 2 aromatic carbocycles. The Balaban J connectivity index is 2.03. The van der Waals surface area contributed by atoms with Gasteiger partial charge in [0.1, 0.15) is 11.5 Å². The van der Waals surface area contributed by atoms with E-state index in [-0.39, 0.29) is 11.8 Å². The zero-order valence-electron chi connectivity index (χ0n) is 16.0. The van der Waals surface area contributed by atoms with Gasteiger partial charge in [-0.25, -0.2) is 0 Å². The van der Waals surface area contributed by atoms with Gasteiger partial charge >= 0.3 is 0 Å². The summed E-state index contributed by atoms with van der Waals surface area (Å²) in [5.41, 5.74) is 0.883. The van der Waals surface area contributed by atoms with E-state index in [0.29, 0.717) is 29.3 Å². The van der Waals surface area contributed by atoms with Crippen molar-refractivity contribution in [3.05, 3.63) is 54.1 Å². The average Bonchev–Trinajstić information content (AvgIpc) is 2.68. The van der Waals surface area contributed by atoms with Crippen LogP contribution in [0.4, 0.5) is 5.69 Å². The van der Waals surface area contributed by atoms with Crippen LogP contribution in [0.2, 0.25) is 0 Å². The number of carbonyl (C=O) groups excluding carboxylic acids is 2. The number of carbonyl (C=O) groups is 2. The standard InChI is InChI=1S/C21H26N2O4/c1-4-5-13-22-21(25)18-11-6-7-12-19(18)23-20(24)15(2)27-17-10-8-9-16(14-17)26-3/h6-12,14-15H,4-5,13H2,1-3H3,(H,22,25)(H,23,24)/t15-/m1/s1. The van der Waals surface area contributed by atoms with E-state index >= 15 is 0 Å². The molecule has 6 heteroatoms. The number of amides is 2. The number of unbranched alkanes of at least 4 members (excludes halogenated alkanes) is 1. The van der Waals surface area contributed by atoms with Crippen molar-refractivity contribution in [3.63, 3.8) is 0 Å². The number of methoxy groups -OCH3 is 1. The molecule has 0 aliphatic carbocycles. The quantitative estimate of drug-likeness (QED) is 0.661. The topological polar surface area (TPSA) is 76.7 Å². The van der Waals surface area contributed by atoms with Crippen molar-refractivity contribution in [2.75, 3.05) is 19.0 Å². The summed E-state index contributed by atoms with van der Waals surface area (Å²) in [5.74, 6) is 0.629. The summed E-state index contributed by atoms with van der Waals surface area (Å²) in [5, 5.41) is 5.63. The Labute approximate surface area is 159 Å². The number of hydrogen-bond donors (Lipinski definition) is 2. The second-order valence-corrected chi connectivity index (χ2v) is 6.08. The summed E-state index contributed by atoms with van der Waals surface area (Å²) in [6.07, 6.45) is 1.16. The van der Waals surface area contributed by atoms with Crippen LogP contribution in [0.5, 0.6) is 11.5 Å². The molecule has 0 radical (unpaired) electrons. The fraction of sp³-hybridized carbons (Fsp3) is 0.333. The maximum Gasteiger partial charge on any atom is 0.265 e. The second kappa shape index (κ2) is 10.2. The highest BCUT2D eigenvalue weighted by Crippen LogP contribution is 2.21. The fourth-order valence-corrected chi connectivity index (χ4v) is 2.43. The smallest absolute Gasteiger partial charge is 0.265 e. The predicted molar refractivity (Wildman–Crippen MR) is 105 cm³/mol. The van der Waals surface area contributed by atoms with Gasteiger partial charge in [-0.3, -0.25) is 9.59 Å². The molecule has 0 aliphatic rings. The molecule has 27 heavy (non-hydrogen) atoms. The predicted octanol–water partition coefficient (Wildman–Crippen LogP) is 3.63. The highest BCUT2D eigenvalue weighted by atomic mass is 16.5. The second-order valence-electron chi connectivity index (χ2n) is 6.08. The normalized spacial score (nSPS) is 11.4. The number of rotatable bonds is 9. The first-order valence-electron chi connectivity index (χ1n) is 9.04. The molecule has 0 unspecified atom stereocenters. The SMILES string of the molecule is CCCCNC(=O)c1ccccc1NC(=O)[C@@H](C)Oc1cccc(OC)c1. The van der Waals surface area contributed by atoms with Crippen LogP contribution in [0.1, 0.15) is 37.0 Å². The monoisotopic (exact) mass is 370 g/mol. The first-order valence-corrected chi connectivity index (χ1v) is 9.04. The van der Waals surface area contributed by atoms with Crippen molar-refractivity contribution in [3.8, 4) is 11.5 Å². The maximum atomic E-state index is 12.5. The van der Waals surface area contributed by atoms with Crippen molar-refractivity contribution in [2.24, 2.45) is 0 Å². The van der Waals surface area contributed by atoms with Gasteiger partial charge in [-0.15, -0.1) is 0 Å². The van der Waals surface area contributed by atoms with Crippen LogP contribution in [-0.4, -0.2) is 31.6 Å². The Morgan fingerprint density at radius 3 is 2.56 bits per heavy atom. The molecule has 2 N–H and O–H groups in total. The molecule has 2 amide bonds. The number of ether oxygens (including phenoxy) is 2. The molecule has 1 atom stereocenters. The third-order valence-electron chi connectivity index (χ3n) is 3.97. The largest absolute Gasteiger partial charge is 0.497 e. The molecule has 0 aliphatic heterocycles. The van der Waals surface area contributed by atoms with Gasteiger partial charge in [0.25, 0.3) is 11.8 Å². The van der Waals surface area contributed by atoms with E-state index in [1.54, 1.807) is 62.6 Å². The number of para-hydroxylation sites is 1. The molecular weight excluding hydrogens is 344 g/mol. The Morgan fingerprint density at radius 2 is 1.81 bits per heavy atom. The zero-order valence-corrected chi connectivity index (χ0v) is 16.0. The van der Waals surface area contributed by atoms with E-state index < -0.39 is 6.10 Å². The van der Waals surface area contributed by atoms with Crippen LogP contribution in [0, 0.1) is 0 Å². The van der Waals surface area contributed by atoms with Crippen LogP contribution in [0.15, 0.2) is 48.5 Å².